The molecule has 1 N–H and O–H groups in total. The fourth-order valence-electron chi connectivity index (χ4n) is 1.11. The highest BCUT2D eigenvalue weighted by Gasteiger charge is 2.36. The molecule has 0 aromatic heterocycles. The van der Waals surface area contributed by atoms with Crippen LogP contribution < -0.4 is 5.32 Å². The zero-order chi connectivity index (χ0) is 10.2. The molecule has 0 unspecified atom stereocenters. The number of rotatable bonds is 0. The fourth-order valence-corrected chi connectivity index (χ4v) is 1.96. The van der Waals surface area contributed by atoms with E-state index in [0.717, 1.165) is 18.0 Å². The summed E-state index contributed by atoms with van der Waals surface area (Å²) in [7, 11) is 0. The molecule has 5 heteroatoms. The highest BCUT2D eigenvalue weighted by molar-refractivity contribution is 8.03. The number of thioether (sulfide) groups is 1. The number of anilines is 1. The maximum atomic E-state index is 12.3. The molecule has 1 aliphatic heterocycles. The van der Waals surface area contributed by atoms with E-state index >= 15 is 0 Å². The van der Waals surface area contributed by atoms with Gasteiger partial charge in [0.2, 0.25) is 0 Å². The molecule has 0 amide bonds. The van der Waals surface area contributed by atoms with Crippen LogP contribution in [0.15, 0.2) is 40.3 Å². The summed E-state index contributed by atoms with van der Waals surface area (Å²) in [6.07, 6.45) is -3.28. The number of benzene rings is 1. The van der Waals surface area contributed by atoms with Crippen LogP contribution in [0.25, 0.3) is 0 Å². The summed E-state index contributed by atoms with van der Waals surface area (Å²) in [5.41, 5.74) is 0.713. The molecular formula is C9H6F3NS. The Morgan fingerprint density at radius 3 is 2.57 bits per heavy atom. The molecule has 0 saturated carbocycles. The van der Waals surface area contributed by atoms with Gasteiger partial charge in [0.05, 0.1) is 5.69 Å². The number of nitrogens with one attached hydrogen (secondary N) is 1. The fraction of sp³-hybridized carbons (Fsp3) is 0.111. The number of hydrogen-bond acceptors (Lipinski definition) is 2. The predicted molar refractivity (Wildman–Crippen MR) is 50.1 cm³/mol. The lowest BCUT2D eigenvalue weighted by Gasteiger charge is -2.18. The Balaban J connectivity index is 2.30. The Labute approximate surface area is 83.0 Å². The Morgan fingerprint density at radius 1 is 1.14 bits per heavy atom. The zero-order valence-corrected chi connectivity index (χ0v) is 7.75. The van der Waals surface area contributed by atoms with Crippen molar-refractivity contribution in [2.24, 2.45) is 0 Å². The number of para-hydroxylation sites is 1. The molecule has 0 bridgehead atoms. The zero-order valence-electron chi connectivity index (χ0n) is 6.93. The molecule has 0 aliphatic carbocycles. The van der Waals surface area contributed by atoms with Crippen molar-refractivity contribution in [3.63, 3.8) is 0 Å². The van der Waals surface area contributed by atoms with Gasteiger partial charge in [-0.1, -0.05) is 23.9 Å². The van der Waals surface area contributed by atoms with Crippen LogP contribution in [0, 0.1) is 0 Å². The van der Waals surface area contributed by atoms with Gasteiger partial charge in [0.1, 0.15) is 4.91 Å². The minimum atomic E-state index is -4.27. The molecule has 0 fully saturated rings. The summed E-state index contributed by atoms with van der Waals surface area (Å²) in [4.78, 5) is -0.0153. The van der Waals surface area contributed by atoms with Gasteiger partial charge in [0.25, 0.3) is 0 Å². The summed E-state index contributed by atoms with van der Waals surface area (Å²) >= 11 is 0.738. The van der Waals surface area contributed by atoms with E-state index in [4.69, 9.17) is 0 Å². The van der Waals surface area contributed by atoms with E-state index in [2.05, 4.69) is 5.32 Å². The summed E-state index contributed by atoms with van der Waals surface area (Å²) < 4.78 is 36.9. The second kappa shape index (κ2) is 3.24. The third-order valence-electron chi connectivity index (χ3n) is 1.75. The van der Waals surface area contributed by atoms with Crippen LogP contribution in [0.3, 0.4) is 0 Å². The Morgan fingerprint density at radius 2 is 1.86 bits per heavy atom. The molecule has 1 aromatic carbocycles. The maximum absolute atomic E-state index is 12.3. The van der Waals surface area contributed by atoms with E-state index in [1.165, 1.54) is 0 Å². The molecule has 1 aromatic rings. The number of halogens is 3. The van der Waals surface area contributed by atoms with Crippen molar-refractivity contribution in [3.05, 3.63) is 35.4 Å². The number of allylic oxidation sites excluding steroid dienone is 1. The lowest BCUT2D eigenvalue weighted by atomic mass is 10.3. The van der Waals surface area contributed by atoms with Gasteiger partial charge in [-0.15, -0.1) is 0 Å². The van der Waals surface area contributed by atoms with Gasteiger partial charge in [-0.25, -0.2) is 0 Å². The Hall–Kier alpha value is -1.10. The van der Waals surface area contributed by atoms with Crippen LogP contribution >= 0.6 is 11.8 Å². The van der Waals surface area contributed by atoms with E-state index in [0.29, 0.717) is 10.6 Å². The van der Waals surface area contributed by atoms with Crippen molar-refractivity contribution in [1.82, 2.24) is 0 Å². The van der Waals surface area contributed by atoms with Gasteiger partial charge >= 0.3 is 6.18 Å². The number of alkyl halides is 3. The lowest BCUT2D eigenvalue weighted by Crippen LogP contribution is -2.13. The first-order chi connectivity index (χ1) is 6.57. The van der Waals surface area contributed by atoms with E-state index in [-0.39, 0.29) is 0 Å². The largest absolute Gasteiger partial charge is 0.424 e. The molecule has 0 saturated heterocycles. The molecule has 1 heterocycles. The van der Waals surface area contributed by atoms with Gasteiger partial charge in [0.15, 0.2) is 0 Å². The highest BCUT2D eigenvalue weighted by atomic mass is 32.2. The topological polar surface area (TPSA) is 12.0 Å². The predicted octanol–water partition coefficient (Wildman–Crippen LogP) is 3.61. The molecule has 74 valence electrons. The molecular weight excluding hydrogens is 211 g/mol. The Kier molecular flexibility index (Phi) is 2.19. The van der Waals surface area contributed by atoms with E-state index in [1.807, 2.05) is 0 Å². The van der Waals surface area contributed by atoms with Crippen LogP contribution in [0.1, 0.15) is 0 Å². The molecule has 0 spiro atoms. The van der Waals surface area contributed by atoms with Gasteiger partial charge < -0.3 is 5.32 Å². The first-order valence-electron chi connectivity index (χ1n) is 3.88. The van der Waals surface area contributed by atoms with Crippen LogP contribution in [0.5, 0.6) is 0 Å². The minimum absolute atomic E-state index is 0.599. The van der Waals surface area contributed by atoms with Crippen LogP contribution in [0.4, 0.5) is 18.9 Å². The van der Waals surface area contributed by atoms with Crippen molar-refractivity contribution in [2.45, 2.75) is 11.1 Å². The number of hydrogen-bond donors (Lipinski definition) is 1. The first-order valence-corrected chi connectivity index (χ1v) is 4.70. The Bertz CT molecular complexity index is 384. The van der Waals surface area contributed by atoms with Crippen LogP contribution in [0.2, 0.25) is 0 Å². The summed E-state index contributed by atoms with van der Waals surface area (Å²) in [5, 5.41) is 2.62. The summed E-state index contributed by atoms with van der Waals surface area (Å²) in [6.45, 7) is 0. The van der Waals surface area contributed by atoms with Gasteiger partial charge in [-0.05, 0) is 12.1 Å². The van der Waals surface area contributed by atoms with Crippen molar-refractivity contribution in [2.75, 3.05) is 5.32 Å². The standard InChI is InChI=1S/C9H6F3NS/c10-9(11,12)8-5-13-6-3-1-2-4-7(6)14-8/h1-5,13H. The average molecular weight is 217 g/mol. The van der Waals surface area contributed by atoms with Crippen LogP contribution in [-0.4, -0.2) is 6.18 Å². The van der Waals surface area contributed by atoms with E-state index < -0.39 is 11.1 Å². The van der Waals surface area contributed by atoms with E-state index in [9.17, 15) is 13.2 Å². The third-order valence-corrected chi connectivity index (χ3v) is 2.89. The average Bonchev–Trinajstić information content (AvgIpc) is 2.16. The second-order valence-corrected chi connectivity index (χ2v) is 3.83. The molecule has 0 radical (unpaired) electrons. The van der Waals surface area contributed by atoms with Gasteiger partial charge in [-0.3, -0.25) is 0 Å². The minimum Gasteiger partial charge on any atom is -0.360 e. The van der Waals surface area contributed by atoms with Crippen molar-refractivity contribution in [3.8, 4) is 0 Å². The second-order valence-electron chi connectivity index (χ2n) is 2.75. The van der Waals surface area contributed by atoms with Gasteiger partial charge in [0, 0.05) is 11.1 Å². The molecule has 14 heavy (non-hydrogen) atoms. The highest BCUT2D eigenvalue weighted by Crippen LogP contribution is 2.43. The molecule has 0 atom stereocenters. The normalized spacial score (nSPS) is 15.5. The van der Waals surface area contributed by atoms with Crippen molar-refractivity contribution >= 4 is 17.4 Å². The maximum Gasteiger partial charge on any atom is 0.424 e. The van der Waals surface area contributed by atoms with E-state index in [1.54, 1.807) is 24.3 Å². The quantitative estimate of drug-likeness (QED) is 0.712. The molecule has 1 aliphatic rings. The monoisotopic (exact) mass is 217 g/mol. The van der Waals surface area contributed by atoms with Gasteiger partial charge in [-0.2, -0.15) is 13.2 Å². The van der Waals surface area contributed by atoms with Crippen molar-refractivity contribution < 1.29 is 13.2 Å². The molecule has 1 nitrogen and oxygen atoms in total. The first kappa shape index (κ1) is 9.45. The molecule has 2 rings (SSSR count). The summed E-state index contributed by atoms with van der Waals surface area (Å²) in [5.74, 6) is 0. The van der Waals surface area contributed by atoms with Crippen LogP contribution in [-0.2, 0) is 0 Å². The third kappa shape index (κ3) is 1.72. The number of fused-ring (bicyclic) bond motifs is 1. The van der Waals surface area contributed by atoms with Crippen molar-refractivity contribution in [1.29, 1.82) is 0 Å². The SMILES string of the molecule is FC(F)(F)C1=CNc2ccccc2S1. The smallest absolute Gasteiger partial charge is 0.360 e. The summed E-state index contributed by atoms with van der Waals surface area (Å²) in [6, 6.07) is 6.89. The lowest BCUT2D eigenvalue weighted by molar-refractivity contribution is -0.0837.